The third-order valence-electron chi connectivity index (χ3n) is 4.90. The number of ether oxygens (including phenoxy) is 3. The van der Waals surface area contributed by atoms with Crippen molar-refractivity contribution >= 4 is 16.7 Å². The number of carbonyl (C=O) groups is 1. The van der Waals surface area contributed by atoms with Crippen LogP contribution >= 0.6 is 0 Å². The normalized spacial score (nSPS) is 16.2. The zero-order chi connectivity index (χ0) is 19.5. The van der Waals surface area contributed by atoms with Crippen LogP contribution in [-0.4, -0.2) is 37.0 Å². The van der Waals surface area contributed by atoms with E-state index in [2.05, 4.69) is 0 Å². The van der Waals surface area contributed by atoms with Gasteiger partial charge in [0.2, 0.25) is 0 Å². The minimum absolute atomic E-state index is 0.0560. The number of methoxy groups -OCH3 is 1. The van der Waals surface area contributed by atoms with Gasteiger partial charge in [0, 0.05) is 29.6 Å². The van der Waals surface area contributed by atoms with Crippen molar-refractivity contribution in [2.24, 2.45) is 0 Å². The molecular weight excluding hydrogens is 358 g/mol. The maximum absolute atomic E-state index is 13.0. The lowest BCUT2D eigenvalue weighted by atomic mass is 10.1. The molecule has 2 heterocycles. The molecule has 0 N–H and O–H groups in total. The molecule has 4 rings (SSSR count). The van der Waals surface area contributed by atoms with Gasteiger partial charge in [-0.05, 0) is 31.0 Å². The van der Waals surface area contributed by atoms with Crippen LogP contribution in [0.5, 0.6) is 5.75 Å². The molecule has 1 aliphatic heterocycles. The van der Waals surface area contributed by atoms with E-state index in [0.717, 1.165) is 12.8 Å². The average molecular weight is 379 g/mol. The number of carbonyl (C=O) groups excluding carboxylic acids is 1. The minimum atomic E-state index is -0.469. The van der Waals surface area contributed by atoms with E-state index >= 15 is 0 Å². The number of esters is 1. The lowest BCUT2D eigenvalue weighted by molar-refractivity contribution is 0.0162. The second kappa shape index (κ2) is 7.86. The highest BCUT2D eigenvalue weighted by atomic mass is 16.6. The number of hydrogen-bond donors (Lipinski definition) is 0. The van der Waals surface area contributed by atoms with Gasteiger partial charge in [-0.2, -0.15) is 0 Å². The van der Waals surface area contributed by atoms with Crippen LogP contribution in [-0.2, 0) is 9.47 Å². The van der Waals surface area contributed by atoms with Crippen molar-refractivity contribution in [1.82, 2.24) is 4.57 Å². The molecule has 0 saturated carbocycles. The topological polar surface area (TPSA) is 66.8 Å². The monoisotopic (exact) mass is 379 g/mol. The SMILES string of the molecule is COc1cccc(-n2cc(C(=O)OCC3CCCO3)c3ccccc3c2=O)c1. The summed E-state index contributed by atoms with van der Waals surface area (Å²) < 4.78 is 17.7. The van der Waals surface area contributed by atoms with Crippen molar-refractivity contribution in [2.75, 3.05) is 20.3 Å². The van der Waals surface area contributed by atoms with Gasteiger partial charge in [0.1, 0.15) is 12.4 Å². The molecule has 1 unspecified atom stereocenters. The van der Waals surface area contributed by atoms with Crippen LogP contribution in [0.15, 0.2) is 59.5 Å². The number of fused-ring (bicyclic) bond motifs is 1. The Morgan fingerprint density at radius 1 is 1.18 bits per heavy atom. The molecule has 6 nitrogen and oxygen atoms in total. The second-order valence-corrected chi connectivity index (χ2v) is 6.70. The van der Waals surface area contributed by atoms with E-state index in [1.807, 2.05) is 0 Å². The molecule has 1 atom stereocenters. The molecule has 1 aliphatic rings. The first kappa shape index (κ1) is 18.3. The Labute approximate surface area is 162 Å². The van der Waals surface area contributed by atoms with E-state index in [4.69, 9.17) is 14.2 Å². The fraction of sp³-hybridized carbons (Fsp3) is 0.273. The summed E-state index contributed by atoms with van der Waals surface area (Å²) in [6, 6.07) is 14.2. The zero-order valence-electron chi connectivity index (χ0n) is 15.6. The molecule has 0 spiro atoms. The van der Waals surface area contributed by atoms with Gasteiger partial charge in [0.25, 0.3) is 5.56 Å². The lowest BCUT2D eigenvalue weighted by Crippen LogP contribution is -2.23. The summed E-state index contributed by atoms with van der Waals surface area (Å²) in [4.78, 5) is 25.8. The van der Waals surface area contributed by atoms with Crippen LogP contribution in [0.4, 0.5) is 0 Å². The molecule has 0 aliphatic carbocycles. The maximum atomic E-state index is 13.0. The number of rotatable bonds is 5. The Morgan fingerprint density at radius 3 is 2.75 bits per heavy atom. The van der Waals surface area contributed by atoms with Crippen LogP contribution in [0, 0.1) is 0 Å². The van der Waals surface area contributed by atoms with E-state index < -0.39 is 5.97 Å². The van der Waals surface area contributed by atoms with Gasteiger partial charge in [-0.25, -0.2) is 4.79 Å². The first-order valence-corrected chi connectivity index (χ1v) is 9.25. The number of hydrogen-bond acceptors (Lipinski definition) is 5. The maximum Gasteiger partial charge on any atom is 0.340 e. The Hall–Kier alpha value is -3.12. The van der Waals surface area contributed by atoms with Gasteiger partial charge < -0.3 is 14.2 Å². The Kier molecular flexibility index (Phi) is 5.12. The van der Waals surface area contributed by atoms with Gasteiger partial charge in [0.05, 0.1) is 24.5 Å². The van der Waals surface area contributed by atoms with E-state index in [-0.39, 0.29) is 18.3 Å². The number of nitrogens with zero attached hydrogens (tertiary/aromatic N) is 1. The van der Waals surface area contributed by atoms with Crippen molar-refractivity contribution in [3.63, 3.8) is 0 Å². The van der Waals surface area contributed by atoms with E-state index in [1.54, 1.807) is 55.6 Å². The van der Waals surface area contributed by atoms with Crippen molar-refractivity contribution < 1.29 is 19.0 Å². The number of benzene rings is 2. The molecule has 1 fully saturated rings. The highest BCUT2D eigenvalue weighted by Gasteiger charge is 2.21. The number of aromatic nitrogens is 1. The number of pyridine rings is 1. The van der Waals surface area contributed by atoms with Gasteiger partial charge in [-0.3, -0.25) is 9.36 Å². The standard InChI is InChI=1S/C22H21NO5/c1-26-16-7-4-6-15(12-16)23-13-20(18-9-2-3-10-19(18)21(23)24)22(25)28-14-17-8-5-11-27-17/h2-4,6-7,9-10,12-13,17H,5,8,11,14H2,1H3. The molecule has 2 aromatic carbocycles. The summed E-state index contributed by atoms with van der Waals surface area (Å²) >= 11 is 0. The quantitative estimate of drug-likeness (QED) is 0.636. The van der Waals surface area contributed by atoms with Gasteiger partial charge in [-0.15, -0.1) is 0 Å². The molecule has 28 heavy (non-hydrogen) atoms. The van der Waals surface area contributed by atoms with Gasteiger partial charge >= 0.3 is 5.97 Å². The minimum Gasteiger partial charge on any atom is -0.497 e. The molecule has 144 valence electrons. The van der Waals surface area contributed by atoms with Crippen LogP contribution in [0.1, 0.15) is 23.2 Å². The fourth-order valence-electron chi connectivity index (χ4n) is 3.43. The summed E-state index contributed by atoms with van der Waals surface area (Å²) in [5.74, 6) is 0.156. The Bertz CT molecular complexity index is 1070. The molecule has 1 saturated heterocycles. The summed E-state index contributed by atoms with van der Waals surface area (Å²) in [5, 5.41) is 1.03. The molecule has 1 aromatic heterocycles. The van der Waals surface area contributed by atoms with Crippen molar-refractivity contribution in [1.29, 1.82) is 0 Å². The van der Waals surface area contributed by atoms with Crippen molar-refractivity contribution in [3.8, 4) is 11.4 Å². The second-order valence-electron chi connectivity index (χ2n) is 6.70. The summed E-state index contributed by atoms with van der Waals surface area (Å²) in [6.45, 7) is 0.914. The largest absolute Gasteiger partial charge is 0.497 e. The van der Waals surface area contributed by atoms with Crippen LogP contribution in [0.3, 0.4) is 0 Å². The Balaban J connectivity index is 1.77. The first-order valence-electron chi connectivity index (χ1n) is 9.25. The van der Waals surface area contributed by atoms with Gasteiger partial charge in [-0.1, -0.05) is 24.3 Å². The highest BCUT2D eigenvalue weighted by Crippen LogP contribution is 2.21. The predicted molar refractivity (Wildman–Crippen MR) is 105 cm³/mol. The van der Waals surface area contributed by atoms with Crippen LogP contribution in [0.25, 0.3) is 16.5 Å². The fourth-order valence-corrected chi connectivity index (χ4v) is 3.43. The van der Waals surface area contributed by atoms with E-state index in [1.165, 1.54) is 10.8 Å². The summed E-state index contributed by atoms with van der Waals surface area (Å²) in [6.07, 6.45) is 3.35. The van der Waals surface area contributed by atoms with E-state index in [9.17, 15) is 9.59 Å². The van der Waals surface area contributed by atoms with Crippen molar-refractivity contribution in [2.45, 2.75) is 18.9 Å². The predicted octanol–water partition coefficient (Wildman–Crippen LogP) is 3.34. The summed E-state index contributed by atoms with van der Waals surface area (Å²) in [7, 11) is 1.57. The molecule has 0 amide bonds. The average Bonchev–Trinajstić information content (AvgIpc) is 3.26. The van der Waals surface area contributed by atoms with Crippen LogP contribution in [0.2, 0.25) is 0 Å². The molecule has 0 bridgehead atoms. The first-order chi connectivity index (χ1) is 13.7. The molecule has 3 aromatic rings. The smallest absolute Gasteiger partial charge is 0.340 e. The zero-order valence-corrected chi connectivity index (χ0v) is 15.6. The molecular formula is C22H21NO5. The van der Waals surface area contributed by atoms with Gasteiger partial charge in [0.15, 0.2) is 0 Å². The Morgan fingerprint density at radius 2 is 2.00 bits per heavy atom. The van der Waals surface area contributed by atoms with Crippen molar-refractivity contribution in [3.05, 3.63) is 70.6 Å². The lowest BCUT2D eigenvalue weighted by Gasteiger charge is -2.14. The molecule has 0 radical (unpaired) electrons. The van der Waals surface area contributed by atoms with Crippen LogP contribution < -0.4 is 10.3 Å². The highest BCUT2D eigenvalue weighted by molar-refractivity contribution is 6.04. The third-order valence-corrected chi connectivity index (χ3v) is 4.90. The summed E-state index contributed by atoms with van der Waals surface area (Å²) in [5.41, 5.74) is 0.749. The van der Waals surface area contributed by atoms with E-state index in [0.29, 0.717) is 34.4 Å². The molecule has 6 heteroatoms. The third kappa shape index (κ3) is 3.51.